The van der Waals surface area contributed by atoms with E-state index in [0.29, 0.717) is 57.5 Å². The highest BCUT2D eigenvalue weighted by Crippen LogP contribution is 2.43. The molecular formula is C22H21Cl2N5O2. The lowest BCUT2D eigenvalue weighted by Gasteiger charge is -2.22. The molecule has 9 heteroatoms. The third-order valence-electron chi connectivity index (χ3n) is 5.68. The van der Waals surface area contributed by atoms with E-state index in [1.54, 1.807) is 32.5 Å². The quantitative estimate of drug-likeness (QED) is 0.505. The number of fused-ring (bicyclic) bond motifs is 1. The number of halogens is 2. The van der Waals surface area contributed by atoms with Crippen molar-refractivity contribution < 1.29 is 9.47 Å². The summed E-state index contributed by atoms with van der Waals surface area (Å²) < 4.78 is 10.9. The Hall–Kier alpha value is -2.82. The molecule has 4 rings (SSSR count). The monoisotopic (exact) mass is 457 g/mol. The van der Waals surface area contributed by atoms with Crippen molar-refractivity contribution in [1.29, 1.82) is 5.26 Å². The van der Waals surface area contributed by atoms with Gasteiger partial charge in [-0.25, -0.2) is 15.0 Å². The largest absolute Gasteiger partial charge is 0.496 e. The van der Waals surface area contributed by atoms with Gasteiger partial charge in [-0.05, 0) is 26.3 Å². The van der Waals surface area contributed by atoms with Crippen LogP contribution in [0.25, 0.3) is 22.3 Å². The van der Waals surface area contributed by atoms with Crippen LogP contribution < -0.4 is 14.4 Å². The summed E-state index contributed by atoms with van der Waals surface area (Å²) in [6.07, 6.45) is 2.36. The van der Waals surface area contributed by atoms with Crippen molar-refractivity contribution in [3.63, 3.8) is 0 Å². The van der Waals surface area contributed by atoms with Gasteiger partial charge in [0.1, 0.15) is 22.5 Å². The summed E-state index contributed by atoms with van der Waals surface area (Å²) in [6, 6.07) is 5.90. The third-order valence-corrected chi connectivity index (χ3v) is 6.26. The van der Waals surface area contributed by atoms with Crippen molar-refractivity contribution in [3.05, 3.63) is 34.1 Å². The van der Waals surface area contributed by atoms with Gasteiger partial charge in [0.25, 0.3) is 0 Å². The lowest BCUT2D eigenvalue weighted by atomic mass is 9.92. The Kier molecular flexibility index (Phi) is 5.54. The highest BCUT2D eigenvalue weighted by molar-refractivity contribution is 6.35. The number of hydrogen-bond acceptors (Lipinski definition) is 7. The predicted octanol–water partition coefficient (Wildman–Crippen LogP) is 5.06. The Morgan fingerprint density at radius 3 is 2.55 bits per heavy atom. The van der Waals surface area contributed by atoms with Crippen molar-refractivity contribution in [1.82, 2.24) is 15.0 Å². The molecule has 2 aromatic heterocycles. The summed E-state index contributed by atoms with van der Waals surface area (Å²) in [4.78, 5) is 15.9. The van der Waals surface area contributed by atoms with Crippen molar-refractivity contribution in [3.8, 4) is 29.0 Å². The summed E-state index contributed by atoms with van der Waals surface area (Å²) in [5.41, 5.74) is 1.61. The first-order valence-corrected chi connectivity index (χ1v) is 10.5. The molecule has 0 N–H and O–H groups in total. The molecule has 1 saturated heterocycles. The highest BCUT2D eigenvalue weighted by atomic mass is 35.5. The number of ether oxygens (including phenoxy) is 2. The van der Waals surface area contributed by atoms with E-state index in [2.05, 4.69) is 16.0 Å². The van der Waals surface area contributed by atoms with Gasteiger partial charge in [0.2, 0.25) is 0 Å². The minimum Gasteiger partial charge on any atom is -0.496 e. The van der Waals surface area contributed by atoms with Crippen molar-refractivity contribution >= 4 is 39.9 Å². The summed E-state index contributed by atoms with van der Waals surface area (Å²) in [6.45, 7) is 5.11. The molecule has 0 saturated carbocycles. The number of nitrogens with zero attached hydrogens (tertiary/aromatic N) is 5. The van der Waals surface area contributed by atoms with Crippen LogP contribution in [0, 0.1) is 23.7 Å². The number of hydrogen-bond donors (Lipinski definition) is 0. The lowest BCUT2D eigenvalue weighted by Crippen LogP contribution is -2.25. The van der Waals surface area contributed by atoms with Gasteiger partial charge in [-0.15, -0.1) is 0 Å². The van der Waals surface area contributed by atoms with Crippen LogP contribution in [0.1, 0.15) is 18.9 Å². The van der Waals surface area contributed by atoms with Crippen LogP contribution >= 0.6 is 23.2 Å². The van der Waals surface area contributed by atoms with E-state index in [1.807, 2.05) is 13.8 Å². The van der Waals surface area contributed by atoms with E-state index in [1.165, 1.54) is 0 Å². The van der Waals surface area contributed by atoms with Gasteiger partial charge in [0.05, 0.1) is 42.4 Å². The zero-order valence-electron chi connectivity index (χ0n) is 17.7. The maximum atomic E-state index is 9.58. The van der Waals surface area contributed by atoms with E-state index in [0.717, 1.165) is 17.4 Å². The van der Waals surface area contributed by atoms with Gasteiger partial charge in [0.15, 0.2) is 5.82 Å². The highest BCUT2D eigenvalue weighted by Gasteiger charge is 2.35. The second-order valence-corrected chi connectivity index (χ2v) is 8.60. The van der Waals surface area contributed by atoms with E-state index in [9.17, 15) is 5.26 Å². The first-order valence-electron chi connectivity index (χ1n) is 9.71. The number of anilines is 1. The number of nitriles is 1. The molecule has 1 fully saturated rings. The Bertz CT molecular complexity index is 1200. The van der Waals surface area contributed by atoms with Gasteiger partial charge < -0.3 is 14.4 Å². The molecular weight excluding hydrogens is 437 g/mol. The molecule has 160 valence electrons. The fraction of sp³-hybridized carbons (Fsp3) is 0.364. The lowest BCUT2D eigenvalue weighted by molar-refractivity contribution is 0.393. The summed E-state index contributed by atoms with van der Waals surface area (Å²) >= 11 is 12.9. The Morgan fingerprint density at radius 2 is 1.90 bits per heavy atom. The van der Waals surface area contributed by atoms with Gasteiger partial charge in [-0.3, -0.25) is 0 Å². The van der Waals surface area contributed by atoms with Crippen LogP contribution in [0.2, 0.25) is 10.2 Å². The molecule has 1 unspecified atom stereocenters. The molecule has 3 heterocycles. The maximum absolute atomic E-state index is 9.58. The van der Waals surface area contributed by atoms with Gasteiger partial charge in [0, 0.05) is 35.7 Å². The fourth-order valence-corrected chi connectivity index (χ4v) is 4.42. The smallest absolute Gasteiger partial charge is 0.164 e. The molecule has 0 bridgehead atoms. The Morgan fingerprint density at radius 1 is 1.16 bits per heavy atom. The molecule has 1 aromatic carbocycles. The third kappa shape index (κ3) is 3.71. The van der Waals surface area contributed by atoms with Gasteiger partial charge >= 0.3 is 0 Å². The number of aromatic nitrogens is 3. The first-order chi connectivity index (χ1) is 14.8. The second kappa shape index (κ2) is 8.03. The molecule has 1 aliphatic rings. The van der Waals surface area contributed by atoms with E-state index >= 15 is 0 Å². The standard InChI is InChI=1S/C22H21Cl2N5O2/c1-12-15(30-3)8-16(31-4)19(24)18(12)20-27-14-9-26-17(23)7-13(14)21(28-20)29-6-5-22(2,10-25)11-29/h7-9H,5-6,11H2,1-4H3. The molecule has 1 atom stereocenters. The Labute approximate surface area is 190 Å². The normalized spacial score (nSPS) is 18.3. The molecule has 7 nitrogen and oxygen atoms in total. The van der Waals surface area contributed by atoms with E-state index in [-0.39, 0.29) is 0 Å². The SMILES string of the molecule is COc1cc(OC)c(Cl)c(-c2nc(N3CCC(C)(C#N)C3)c3cc(Cl)ncc3n2)c1C. The van der Waals surface area contributed by atoms with Crippen LogP contribution in [0.15, 0.2) is 18.3 Å². The minimum absolute atomic E-state index is 0.351. The average Bonchev–Trinajstić information content (AvgIpc) is 3.16. The van der Waals surface area contributed by atoms with Crippen LogP contribution in [-0.4, -0.2) is 42.3 Å². The summed E-state index contributed by atoms with van der Waals surface area (Å²) in [7, 11) is 3.14. The van der Waals surface area contributed by atoms with Crippen LogP contribution in [-0.2, 0) is 0 Å². The minimum atomic E-state index is -0.443. The fourth-order valence-electron chi connectivity index (χ4n) is 3.90. The first kappa shape index (κ1) is 21.4. The van der Waals surface area contributed by atoms with E-state index < -0.39 is 5.41 Å². The Balaban J connectivity index is 1.98. The average molecular weight is 458 g/mol. The number of methoxy groups -OCH3 is 2. The summed E-state index contributed by atoms with van der Waals surface area (Å²) in [5.74, 6) is 2.21. The van der Waals surface area contributed by atoms with Crippen molar-refractivity contribution in [2.24, 2.45) is 5.41 Å². The molecule has 0 radical (unpaired) electrons. The summed E-state index contributed by atoms with van der Waals surface area (Å²) in [5, 5.41) is 11.1. The number of benzene rings is 1. The number of rotatable bonds is 4. The second-order valence-electron chi connectivity index (χ2n) is 7.83. The predicted molar refractivity (Wildman–Crippen MR) is 121 cm³/mol. The van der Waals surface area contributed by atoms with E-state index in [4.69, 9.17) is 42.6 Å². The van der Waals surface area contributed by atoms with Crippen LogP contribution in [0.4, 0.5) is 5.82 Å². The van der Waals surface area contributed by atoms with Crippen LogP contribution in [0.3, 0.4) is 0 Å². The molecule has 0 amide bonds. The van der Waals surface area contributed by atoms with Gasteiger partial charge in [-0.1, -0.05) is 23.2 Å². The van der Waals surface area contributed by atoms with Crippen molar-refractivity contribution in [2.45, 2.75) is 20.3 Å². The number of pyridine rings is 1. The van der Waals surface area contributed by atoms with Gasteiger partial charge in [-0.2, -0.15) is 5.26 Å². The van der Waals surface area contributed by atoms with Crippen molar-refractivity contribution in [2.75, 3.05) is 32.2 Å². The topological polar surface area (TPSA) is 84.2 Å². The molecule has 31 heavy (non-hydrogen) atoms. The zero-order chi connectivity index (χ0) is 22.3. The maximum Gasteiger partial charge on any atom is 0.164 e. The van der Waals surface area contributed by atoms with Crippen LogP contribution in [0.5, 0.6) is 11.5 Å². The molecule has 0 spiro atoms. The zero-order valence-corrected chi connectivity index (χ0v) is 19.2. The molecule has 1 aliphatic heterocycles. The molecule has 3 aromatic rings. The molecule has 0 aliphatic carbocycles.